The third-order valence-electron chi connectivity index (χ3n) is 2.83. The van der Waals surface area contributed by atoms with Crippen LogP contribution >= 0.6 is 0 Å². The van der Waals surface area contributed by atoms with Crippen molar-refractivity contribution in [2.24, 2.45) is 0 Å². The second-order valence-electron chi connectivity index (χ2n) is 5.27. The molecule has 0 bridgehead atoms. The molecule has 0 spiro atoms. The number of hydrogen-bond acceptors (Lipinski definition) is 3. The lowest BCUT2D eigenvalue weighted by molar-refractivity contribution is 0.269. The Morgan fingerprint density at radius 1 is 1.40 bits per heavy atom. The van der Waals surface area contributed by atoms with E-state index in [9.17, 15) is 8.78 Å². The molecule has 0 radical (unpaired) electrons. The van der Waals surface area contributed by atoms with Crippen LogP contribution in [0.2, 0.25) is 0 Å². The molecule has 5 heteroatoms. The summed E-state index contributed by atoms with van der Waals surface area (Å²) in [6.07, 6.45) is 1.14. The molecule has 1 aromatic rings. The molecular weight excluding hydrogens is 262 g/mol. The summed E-state index contributed by atoms with van der Waals surface area (Å²) in [6.45, 7) is 5.98. The van der Waals surface area contributed by atoms with Crippen LogP contribution in [0.5, 0.6) is 5.75 Å². The van der Waals surface area contributed by atoms with Gasteiger partial charge in [-0.05, 0) is 45.7 Å². The first-order valence-corrected chi connectivity index (χ1v) is 6.63. The molecule has 0 saturated heterocycles. The second-order valence-corrected chi connectivity index (χ2v) is 5.27. The van der Waals surface area contributed by atoms with Gasteiger partial charge in [0.15, 0.2) is 11.6 Å². The fraction of sp³-hybridized carbons (Fsp3) is 0.533. The maximum atomic E-state index is 13.3. The molecule has 1 N–H and O–H groups in total. The number of nitrogens with one attached hydrogen (secondary N) is 1. The first kappa shape index (κ1) is 16.4. The van der Waals surface area contributed by atoms with Crippen LogP contribution < -0.4 is 10.1 Å². The minimum Gasteiger partial charge on any atom is -0.490 e. The largest absolute Gasteiger partial charge is 0.490 e. The minimum atomic E-state index is -0.641. The van der Waals surface area contributed by atoms with E-state index in [1.807, 2.05) is 20.8 Å². The fourth-order valence-electron chi connectivity index (χ4n) is 1.99. The molecule has 20 heavy (non-hydrogen) atoms. The number of nitriles is 1. The standard InChI is InChI=1S/C15H20F2N2O/c1-11(2)19-15(3,10-18)7-4-8-20-14-9-12(16)5-6-13(14)17/h5-6,9,11,19H,4,7-8H2,1-3H3. The van der Waals surface area contributed by atoms with Crippen molar-refractivity contribution in [1.29, 1.82) is 5.26 Å². The first-order valence-electron chi connectivity index (χ1n) is 6.63. The lowest BCUT2D eigenvalue weighted by Crippen LogP contribution is -2.45. The Hall–Kier alpha value is -1.67. The first-order chi connectivity index (χ1) is 9.36. The Labute approximate surface area is 118 Å². The van der Waals surface area contributed by atoms with Crippen molar-refractivity contribution in [3.63, 3.8) is 0 Å². The molecular formula is C15H20F2N2O. The second kappa shape index (κ2) is 7.20. The molecule has 0 aliphatic heterocycles. The average Bonchev–Trinajstić information content (AvgIpc) is 2.38. The van der Waals surface area contributed by atoms with E-state index >= 15 is 0 Å². The predicted octanol–water partition coefficient (Wildman–Crippen LogP) is 3.40. The van der Waals surface area contributed by atoms with Gasteiger partial charge >= 0.3 is 0 Å². The van der Waals surface area contributed by atoms with Crippen LogP contribution in [0.1, 0.15) is 33.6 Å². The highest BCUT2D eigenvalue weighted by molar-refractivity contribution is 5.24. The van der Waals surface area contributed by atoms with Crippen LogP contribution in [0.15, 0.2) is 18.2 Å². The van der Waals surface area contributed by atoms with Crippen molar-refractivity contribution in [2.75, 3.05) is 6.61 Å². The SMILES string of the molecule is CC(C)NC(C)(C#N)CCCOc1cc(F)ccc1F. The van der Waals surface area contributed by atoms with Crippen molar-refractivity contribution in [2.45, 2.75) is 45.2 Å². The Bertz CT molecular complexity index is 485. The molecule has 0 saturated carbocycles. The maximum Gasteiger partial charge on any atom is 0.165 e. The molecule has 0 aliphatic rings. The highest BCUT2D eigenvalue weighted by atomic mass is 19.1. The van der Waals surface area contributed by atoms with Gasteiger partial charge < -0.3 is 4.74 Å². The zero-order valence-electron chi connectivity index (χ0n) is 12.0. The molecule has 3 nitrogen and oxygen atoms in total. The summed E-state index contributed by atoms with van der Waals surface area (Å²) >= 11 is 0. The smallest absolute Gasteiger partial charge is 0.165 e. The van der Waals surface area contributed by atoms with Gasteiger partial charge in [-0.15, -0.1) is 0 Å². The predicted molar refractivity (Wildman–Crippen MR) is 73.4 cm³/mol. The van der Waals surface area contributed by atoms with E-state index in [1.165, 1.54) is 0 Å². The molecule has 1 atom stereocenters. The van der Waals surface area contributed by atoms with Gasteiger partial charge in [0.1, 0.15) is 11.4 Å². The van der Waals surface area contributed by atoms with Crippen molar-refractivity contribution < 1.29 is 13.5 Å². The van der Waals surface area contributed by atoms with Gasteiger partial charge in [0, 0.05) is 12.1 Å². The Morgan fingerprint density at radius 2 is 2.10 bits per heavy atom. The van der Waals surface area contributed by atoms with Crippen LogP contribution in [0.3, 0.4) is 0 Å². The average molecular weight is 282 g/mol. The molecule has 0 amide bonds. The van der Waals surface area contributed by atoms with E-state index in [4.69, 9.17) is 10.00 Å². The van der Waals surface area contributed by atoms with Crippen LogP contribution in [0.4, 0.5) is 8.78 Å². The van der Waals surface area contributed by atoms with Crippen LogP contribution in [0.25, 0.3) is 0 Å². The lowest BCUT2D eigenvalue weighted by Gasteiger charge is -2.25. The van der Waals surface area contributed by atoms with Crippen LogP contribution in [-0.4, -0.2) is 18.2 Å². The van der Waals surface area contributed by atoms with Gasteiger partial charge in [-0.3, -0.25) is 5.32 Å². The summed E-state index contributed by atoms with van der Waals surface area (Å²) in [4.78, 5) is 0. The Balaban J connectivity index is 2.45. The fourth-order valence-corrected chi connectivity index (χ4v) is 1.99. The molecule has 0 fully saturated rings. The van der Waals surface area contributed by atoms with Crippen LogP contribution in [-0.2, 0) is 0 Å². The number of rotatable bonds is 7. The van der Waals surface area contributed by atoms with E-state index in [0.29, 0.717) is 12.8 Å². The van der Waals surface area contributed by atoms with E-state index in [1.54, 1.807) is 0 Å². The highest BCUT2D eigenvalue weighted by Gasteiger charge is 2.23. The molecule has 0 aromatic heterocycles. The van der Waals surface area contributed by atoms with Gasteiger partial charge in [-0.1, -0.05) is 0 Å². The zero-order valence-corrected chi connectivity index (χ0v) is 12.0. The molecule has 0 heterocycles. The summed E-state index contributed by atoms with van der Waals surface area (Å²) in [5.74, 6) is -1.22. The third-order valence-corrected chi connectivity index (χ3v) is 2.83. The van der Waals surface area contributed by atoms with Gasteiger partial charge in [-0.25, -0.2) is 8.78 Å². The van der Waals surface area contributed by atoms with Crippen molar-refractivity contribution >= 4 is 0 Å². The normalized spacial score (nSPS) is 13.8. The van der Waals surface area contributed by atoms with Crippen molar-refractivity contribution in [3.8, 4) is 11.8 Å². The highest BCUT2D eigenvalue weighted by Crippen LogP contribution is 2.19. The Kier molecular flexibility index (Phi) is 5.90. The summed E-state index contributed by atoms with van der Waals surface area (Å²) in [5, 5.41) is 12.3. The van der Waals surface area contributed by atoms with Crippen molar-refractivity contribution in [3.05, 3.63) is 29.8 Å². The topological polar surface area (TPSA) is 45.0 Å². The summed E-state index contributed by atoms with van der Waals surface area (Å²) in [5.41, 5.74) is -0.641. The van der Waals surface area contributed by atoms with Gasteiger partial charge in [0.25, 0.3) is 0 Å². The van der Waals surface area contributed by atoms with E-state index < -0.39 is 17.2 Å². The summed E-state index contributed by atoms with van der Waals surface area (Å²) in [6, 6.07) is 5.52. The number of hydrogen-bond donors (Lipinski definition) is 1. The monoisotopic (exact) mass is 282 g/mol. The molecule has 1 unspecified atom stereocenters. The zero-order chi connectivity index (χ0) is 15.2. The van der Waals surface area contributed by atoms with E-state index in [-0.39, 0.29) is 18.4 Å². The molecule has 1 rings (SSSR count). The molecule has 0 aliphatic carbocycles. The van der Waals surface area contributed by atoms with Gasteiger partial charge in [0.05, 0.1) is 12.7 Å². The molecule has 110 valence electrons. The number of nitrogens with zero attached hydrogens (tertiary/aromatic N) is 1. The van der Waals surface area contributed by atoms with Gasteiger partial charge in [-0.2, -0.15) is 5.26 Å². The van der Waals surface area contributed by atoms with E-state index in [0.717, 1.165) is 18.2 Å². The quantitative estimate of drug-likeness (QED) is 0.780. The summed E-state index contributed by atoms with van der Waals surface area (Å²) in [7, 11) is 0. The molecule has 1 aromatic carbocycles. The van der Waals surface area contributed by atoms with Gasteiger partial charge in [0.2, 0.25) is 0 Å². The minimum absolute atomic E-state index is 0.0968. The Morgan fingerprint density at radius 3 is 2.70 bits per heavy atom. The lowest BCUT2D eigenvalue weighted by atomic mass is 9.97. The third kappa shape index (κ3) is 5.14. The number of halogens is 2. The maximum absolute atomic E-state index is 13.3. The van der Waals surface area contributed by atoms with E-state index in [2.05, 4.69) is 11.4 Å². The van der Waals surface area contributed by atoms with Crippen molar-refractivity contribution in [1.82, 2.24) is 5.32 Å². The number of benzene rings is 1. The van der Waals surface area contributed by atoms with Crippen LogP contribution in [0, 0.1) is 23.0 Å². The number of ether oxygens (including phenoxy) is 1. The summed E-state index contributed by atoms with van der Waals surface area (Å²) < 4.78 is 31.5.